The standard InChI is InChI=1S/C16H17Cl/c1-12-8-9-15(10-13(12)2)16(17)11-14-6-4-3-5-7-14/h3-10,16H,11H2,1-2H3. The van der Waals surface area contributed by atoms with Gasteiger partial charge in [0.15, 0.2) is 0 Å². The Balaban J connectivity index is 2.14. The first kappa shape index (κ1) is 12.2. The fourth-order valence-corrected chi connectivity index (χ4v) is 2.21. The number of halogens is 1. The topological polar surface area (TPSA) is 0 Å². The van der Waals surface area contributed by atoms with Crippen molar-refractivity contribution in [2.75, 3.05) is 0 Å². The van der Waals surface area contributed by atoms with Gasteiger partial charge in [0, 0.05) is 0 Å². The first-order valence-corrected chi connectivity index (χ1v) is 6.35. The highest BCUT2D eigenvalue weighted by Gasteiger charge is 2.09. The number of rotatable bonds is 3. The minimum atomic E-state index is 0.0525. The predicted octanol–water partition coefficient (Wildman–Crippen LogP) is 4.83. The number of alkyl halides is 1. The highest BCUT2D eigenvalue weighted by Crippen LogP contribution is 2.26. The summed E-state index contributed by atoms with van der Waals surface area (Å²) in [4.78, 5) is 0. The van der Waals surface area contributed by atoms with Crippen molar-refractivity contribution in [2.24, 2.45) is 0 Å². The summed E-state index contributed by atoms with van der Waals surface area (Å²) in [5.74, 6) is 0. The lowest BCUT2D eigenvalue weighted by atomic mass is 10.00. The third kappa shape index (κ3) is 3.10. The van der Waals surface area contributed by atoms with Crippen molar-refractivity contribution in [3.8, 4) is 0 Å². The molecule has 2 rings (SSSR count). The van der Waals surface area contributed by atoms with E-state index in [0.29, 0.717) is 0 Å². The first-order valence-electron chi connectivity index (χ1n) is 5.92. The minimum absolute atomic E-state index is 0.0525. The van der Waals surface area contributed by atoms with Crippen molar-refractivity contribution < 1.29 is 0 Å². The Labute approximate surface area is 108 Å². The molecule has 0 N–H and O–H groups in total. The maximum atomic E-state index is 6.47. The summed E-state index contributed by atoms with van der Waals surface area (Å²) >= 11 is 6.47. The number of hydrogen-bond acceptors (Lipinski definition) is 0. The lowest BCUT2D eigenvalue weighted by molar-refractivity contribution is 0.917. The van der Waals surface area contributed by atoms with E-state index < -0.39 is 0 Å². The second-order valence-electron chi connectivity index (χ2n) is 4.50. The van der Waals surface area contributed by atoms with E-state index in [2.05, 4.69) is 56.3 Å². The minimum Gasteiger partial charge on any atom is -0.117 e. The fourth-order valence-electron chi connectivity index (χ4n) is 1.90. The molecule has 0 spiro atoms. The van der Waals surface area contributed by atoms with Crippen molar-refractivity contribution in [3.63, 3.8) is 0 Å². The maximum absolute atomic E-state index is 6.47. The molecule has 1 atom stereocenters. The molecule has 0 heterocycles. The van der Waals surface area contributed by atoms with Gasteiger partial charge in [-0.25, -0.2) is 0 Å². The highest BCUT2D eigenvalue weighted by atomic mass is 35.5. The molecule has 0 aliphatic carbocycles. The third-order valence-corrected chi connectivity index (χ3v) is 3.56. The molecule has 1 unspecified atom stereocenters. The van der Waals surface area contributed by atoms with Crippen LogP contribution in [0.25, 0.3) is 0 Å². The average Bonchev–Trinajstić information content (AvgIpc) is 2.34. The van der Waals surface area contributed by atoms with Crippen LogP contribution >= 0.6 is 11.6 Å². The van der Waals surface area contributed by atoms with Crippen molar-refractivity contribution in [2.45, 2.75) is 25.6 Å². The number of hydrogen-bond donors (Lipinski definition) is 0. The molecular formula is C16H17Cl. The molecule has 2 aromatic carbocycles. The van der Waals surface area contributed by atoms with Gasteiger partial charge in [-0.15, -0.1) is 11.6 Å². The van der Waals surface area contributed by atoms with E-state index in [1.54, 1.807) is 0 Å². The van der Waals surface area contributed by atoms with Crippen LogP contribution in [0.2, 0.25) is 0 Å². The number of aryl methyl sites for hydroxylation is 2. The van der Waals surface area contributed by atoms with Crippen LogP contribution in [0, 0.1) is 13.8 Å². The van der Waals surface area contributed by atoms with E-state index in [-0.39, 0.29) is 5.38 Å². The Morgan fingerprint density at radius 3 is 2.29 bits per heavy atom. The lowest BCUT2D eigenvalue weighted by Crippen LogP contribution is -1.97. The Morgan fingerprint density at radius 1 is 0.941 bits per heavy atom. The lowest BCUT2D eigenvalue weighted by Gasteiger charge is -2.12. The summed E-state index contributed by atoms with van der Waals surface area (Å²) in [7, 11) is 0. The monoisotopic (exact) mass is 244 g/mol. The van der Waals surface area contributed by atoms with E-state index in [0.717, 1.165) is 6.42 Å². The Bertz CT molecular complexity index is 488. The van der Waals surface area contributed by atoms with Crippen molar-refractivity contribution in [1.82, 2.24) is 0 Å². The molecule has 0 fully saturated rings. The molecule has 1 heteroatoms. The van der Waals surface area contributed by atoms with Gasteiger partial charge in [-0.1, -0.05) is 48.5 Å². The van der Waals surface area contributed by atoms with Crippen LogP contribution in [0.1, 0.15) is 27.6 Å². The highest BCUT2D eigenvalue weighted by molar-refractivity contribution is 6.20. The van der Waals surface area contributed by atoms with Gasteiger partial charge in [0.1, 0.15) is 0 Å². The first-order chi connectivity index (χ1) is 8.16. The van der Waals surface area contributed by atoms with Crippen molar-refractivity contribution in [1.29, 1.82) is 0 Å². The Hall–Kier alpha value is -1.27. The van der Waals surface area contributed by atoms with E-state index >= 15 is 0 Å². The van der Waals surface area contributed by atoms with E-state index in [4.69, 9.17) is 11.6 Å². The zero-order valence-corrected chi connectivity index (χ0v) is 11.0. The smallest absolute Gasteiger partial charge is 0.0625 e. The van der Waals surface area contributed by atoms with E-state index in [1.807, 2.05) is 6.07 Å². The summed E-state index contributed by atoms with van der Waals surface area (Å²) < 4.78 is 0. The van der Waals surface area contributed by atoms with Gasteiger partial charge in [0.25, 0.3) is 0 Å². The molecule has 0 aliphatic rings. The average molecular weight is 245 g/mol. The third-order valence-electron chi connectivity index (χ3n) is 3.15. The summed E-state index contributed by atoms with van der Waals surface area (Å²) in [5, 5.41) is 0.0525. The van der Waals surface area contributed by atoms with Crippen LogP contribution < -0.4 is 0 Å². The molecule has 17 heavy (non-hydrogen) atoms. The molecule has 0 nitrogen and oxygen atoms in total. The van der Waals surface area contributed by atoms with Crippen LogP contribution in [-0.2, 0) is 6.42 Å². The fraction of sp³-hybridized carbons (Fsp3) is 0.250. The van der Waals surface area contributed by atoms with Gasteiger partial charge in [-0.2, -0.15) is 0 Å². The van der Waals surface area contributed by atoms with Crippen LogP contribution in [0.5, 0.6) is 0 Å². The second-order valence-corrected chi connectivity index (χ2v) is 5.03. The van der Waals surface area contributed by atoms with Gasteiger partial charge >= 0.3 is 0 Å². The van der Waals surface area contributed by atoms with E-state index in [1.165, 1.54) is 22.3 Å². The molecule has 0 aromatic heterocycles. The molecule has 0 radical (unpaired) electrons. The molecule has 0 saturated carbocycles. The molecule has 0 aliphatic heterocycles. The number of benzene rings is 2. The zero-order chi connectivity index (χ0) is 12.3. The SMILES string of the molecule is Cc1ccc(C(Cl)Cc2ccccc2)cc1C. The molecule has 0 amide bonds. The molecular weight excluding hydrogens is 228 g/mol. The van der Waals surface area contributed by atoms with Gasteiger partial charge in [-0.05, 0) is 42.5 Å². The zero-order valence-electron chi connectivity index (χ0n) is 10.3. The Kier molecular flexibility index (Phi) is 3.86. The quantitative estimate of drug-likeness (QED) is 0.679. The van der Waals surface area contributed by atoms with Gasteiger partial charge in [0.05, 0.1) is 5.38 Å². The molecule has 2 aromatic rings. The molecule has 88 valence electrons. The molecule has 0 saturated heterocycles. The van der Waals surface area contributed by atoms with Crippen LogP contribution in [0.3, 0.4) is 0 Å². The van der Waals surface area contributed by atoms with Crippen molar-refractivity contribution >= 4 is 11.6 Å². The van der Waals surface area contributed by atoms with Crippen LogP contribution in [0.15, 0.2) is 48.5 Å². The summed E-state index contributed by atoms with van der Waals surface area (Å²) in [6.45, 7) is 4.25. The normalized spacial score (nSPS) is 12.4. The summed E-state index contributed by atoms with van der Waals surface area (Å²) in [6, 6.07) is 16.8. The van der Waals surface area contributed by atoms with Crippen molar-refractivity contribution in [3.05, 3.63) is 70.8 Å². The maximum Gasteiger partial charge on any atom is 0.0625 e. The van der Waals surface area contributed by atoms with Crippen LogP contribution in [-0.4, -0.2) is 0 Å². The second kappa shape index (κ2) is 5.37. The van der Waals surface area contributed by atoms with Gasteiger partial charge < -0.3 is 0 Å². The summed E-state index contributed by atoms with van der Waals surface area (Å²) in [6.07, 6.45) is 0.880. The predicted molar refractivity (Wildman–Crippen MR) is 74.7 cm³/mol. The largest absolute Gasteiger partial charge is 0.117 e. The van der Waals surface area contributed by atoms with Crippen LogP contribution in [0.4, 0.5) is 0 Å². The summed E-state index contributed by atoms with van der Waals surface area (Å²) in [5.41, 5.74) is 5.11. The van der Waals surface area contributed by atoms with Gasteiger partial charge in [0.2, 0.25) is 0 Å². The van der Waals surface area contributed by atoms with E-state index in [9.17, 15) is 0 Å². The Morgan fingerprint density at radius 2 is 1.65 bits per heavy atom. The van der Waals surface area contributed by atoms with Gasteiger partial charge in [-0.3, -0.25) is 0 Å². The molecule has 0 bridgehead atoms.